The standard InChI is InChI=1S/C23H28Cl2O6/c1-22-9-13(20(28)30-3)15(26)8-11(22)4-5-12-14-6-7-17(31-21(29)19(24)25)23(14,2)10-16(27)18(12)22/h8,12-14,17-19H,4-7,9-10H2,1-3H3/t12-,13?,14-,17?,18-,22-,23-/m0/s1. The molecule has 4 aliphatic carbocycles. The number of carbonyl (C=O) groups is 4. The van der Waals surface area contributed by atoms with E-state index in [1.165, 1.54) is 7.11 Å². The molecule has 0 radical (unpaired) electrons. The molecular weight excluding hydrogens is 443 g/mol. The van der Waals surface area contributed by atoms with Gasteiger partial charge in [0.2, 0.25) is 4.84 Å². The molecule has 0 aromatic heterocycles. The van der Waals surface area contributed by atoms with Crippen LogP contribution in [0.15, 0.2) is 11.6 Å². The molecule has 2 unspecified atom stereocenters. The second kappa shape index (κ2) is 7.87. The lowest BCUT2D eigenvalue weighted by atomic mass is 9.46. The molecule has 31 heavy (non-hydrogen) atoms. The zero-order chi connectivity index (χ0) is 22.7. The summed E-state index contributed by atoms with van der Waals surface area (Å²) in [6.07, 6.45) is 4.86. The highest BCUT2D eigenvalue weighted by molar-refractivity contribution is 6.52. The van der Waals surface area contributed by atoms with Gasteiger partial charge in [-0.05, 0) is 50.0 Å². The zero-order valence-corrected chi connectivity index (χ0v) is 19.5. The number of hydrogen-bond donors (Lipinski definition) is 0. The molecule has 6 nitrogen and oxygen atoms in total. The number of ether oxygens (including phenoxy) is 2. The van der Waals surface area contributed by atoms with Crippen molar-refractivity contribution in [2.75, 3.05) is 7.11 Å². The minimum Gasteiger partial charge on any atom is -0.468 e. The van der Waals surface area contributed by atoms with Gasteiger partial charge in [0.05, 0.1) is 7.11 Å². The lowest BCUT2D eigenvalue weighted by molar-refractivity contribution is -0.165. The SMILES string of the molecule is COC(=O)C1C[C@@]2(C)C(=CC1=O)CC[C@@H]1[C@H]2C(=O)C[C@]2(C)C(OC(=O)C(Cl)Cl)CC[C@@H]12. The summed E-state index contributed by atoms with van der Waals surface area (Å²) in [6, 6.07) is 0. The van der Waals surface area contributed by atoms with Crippen molar-refractivity contribution < 1.29 is 28.7 Å². The van der Waals surface area contributed by atoms with E-state index in [1.807, 2.05) is 13.8 Å². The molecular formula is C23H28Cl2O6. The molecule has 0 amide bonds. The number of hydrogen-bond acceptors (Lipinski definition) is 6. The van der Waals surface area contributed by atoms with Gasteiger partial charge < -0.3 is 9.47 Å². The van der Waals surface area contributed by atoms with E-state index in [2.05, 4.69) is 0 Å². The van der Waals surface area contributed by atoms with Crippen molar-refractivity contribution in [1.29, 1.82) is 0 Å². The summed E-state index contributed by atoms with van der Waals surface area (Å²) in [6.45, 7) is 4.06. The maximum absolute atomic E-state index is 13.6. The first-order valence-corrected chi connectivity index (χ1v) is 11.7. The summed E-state index contributed by atoms with van der Waals surface area (Å²) < 4.78 is 10.5. The second-order valence-electron chi connectivity index (χ2n) is 10.0. The van der Waals surface area contributed by atoms with Gasteiger partial charge in [-0.1, -0.05) is 42.6 Å². The number of ketones is 2. The largest absolute Gasteiger partial charge is 0.468 e. The Labute approximate surface area is 192 Å². The van der Waals surface area contributed by atoms with Crippen molar-refractivity contribution in [1.82, 2.24) is 0 Å². The molecule has 7 atom stereocenters. The van der Waals surface area contributed by atoms with E-state index in [0.29, 0.717) is 19.3 Å². The van der Waals surface area contributed by atoms with Gasteiger partial charge in [0.15, 0.2) is 5.78 Å². The van der Waals surface area contributed by atoms with Gasteiger partial charge in [0, 0.05) is 23.2 Å². The van der Waals surface area contributed by atoms with Crippen LogP contribution in [0, 0.1) is 34.5 Å². The molecule has 0 aromatic rings. The minimum absolute atomic E-state index is 0.117. The average Bonchev–Trinajstić information content (AvgIpc) is 3.02. The number of methoxy groups -OCH3 is 1. The first kappa shape index (κ1) is 22.8. The van der Waals surface area contributed by atoms with Gasteiger partial charge in [-0.3, -0.25) is 14.4 Å². The van der Waals surface area contributed by atoms with Crippen LogP contribution in [-0.2, 0) is 28.7 Å². The summed E-state index contributed by atoms with van der Waals surface area (Å²) in [5.74, 6) is -2.11. The summed E-state index contributed by atoms with van der Waals surface area (Å²) in [7, 11) is 1.28. The van der Waals surface area contributed by atoms with Crippen LogP contribution in [0.3, 0.4) is 0 Å². The molecule has 170 valence electrons. The number of halogens is 2. The van der Waals surface area contributed by atoms with E-state index in [1.54, 1.807) is 6.08 Å². The van der Waals surface area contributed by atoms with E-state index in [-0.39, 0.29) is 29.3 Å². The molecule has 4 aliphatic rings. The van der Waals surface area contributed by atoms with Crippen LogP contribution in [-0.4, -0.2) is 41.6 Å². The number of fused-ring (bicyclic) bond motifs is 5. The van der Waals surface area contributed by atoms with Gasteiger partial charge in [-0.15, -0.1) is 0 Å². The molecule has 0 saturated heterocycles. The monoisotopic (exact) mass is 470 g/mol. The zero-order valence-electron chi connectivity index (χ0n) is 18.0. The molecule has 0 aliphatic heterocycles. The highest BCUT2D eigenvalue weighted by Crippen LogP contribution is 2.65. The van der Waals surface area contributed by atoms with Gasteiger partial charge in [0.25, 0.3) is 0 Å². The van der Waals surface area contributed by atoms with Crippen molar-refractivity contribution in [3.63, 3.8) is 0 Å². The van der Waals surface area contributed by atoms with Gasteiger partial charge in [-0.2, -0.15) is 0 Å². The highest BCUT2D eigenvalue weighted by atomic mass is 35.5. The predicted octanol–water partition coefficient (Wildman–Crippen LogP) is 3.81. The molecule has 4 rings (SSSR count). The average molecular weight is 471 g/mol. The Morgan fingerprint density at radius 1 is 1.16 bits per heavy atom. The number of esters is 2. The fourth-order valence-electron chi connectivity index (χ4n) is 7.16. The van der Waals surface area contributed by atoms with Crippen molar-refractivity contribution in [2.45, 2.75) is 63.3 Å². The molecule has 0 heterocycles. The topological polar surface area (TPSA) is 86.7 Å². The third-order valence-electron chi connectivity index (χ3n) is 8.55. The van der Waals surface area contributed by atoms with Crippen LogP contribution < -0.4 is 0 Å². The van der Waals surface area contributed by atoms with E-state index in [0.717, 1.165) is 24.8 Å². The number of alkyl halides is 2. The number of allylic oxidation sites excluding steroid dienone is 1. The molecule has 3 fully saturated rings. The summed E-state index contributed by atoms with van der Waals surface area (Å²) in [5, 5.41) is 0. The number of Topliss-reactive ketones (excluding diaryl/α,β-unsaturated/α-hetero) is 1. The Kier molecular flexibility index (Phi) is 5.79. The number of rotatable bonds is 3. The summed E-state index contributed by atoms with van der Waals surface area (Å²) in [4.78, 5) is 49.2. The van der Waals surface area contributed by atoms with Gasteiger partial charge in [-0.25, -0.2) is 4.79 Å². The number of carbonyl (C=O) groups excluding carboxylic acids is 4. The first-order valence-electron chi connectivity index (χ1n) is 10.9. The molecule has 0 bridgehead atoms. The first-order chi connectivity index (χ1) is 14.5. The molecule has 0 aromatic carbocycles. The second-order valence-corrected chi connectivity index (χ2v) is 11.1. The predicted molar refractivity (Wildman–Crippen MR) is 113 cm³/mol. The van der Waals surface area contributed by atoms with E-state index < -0.39 is 39.6 Å². The summed E-state index contributed by atoms with van der Waals surface area (Å²) >= 11 is 11.4. The Morgan fingerprint density at radius 3 is 2.52 bits per heavy atom. The van der Waals surface area contributed by atoms with Crippen LogP contribution in [0.5, 0.6) is 0 Å². The normalized spacial score (nSPS) is 41.7. The third-order valence-corrected chi connectivity index (χ3v) is 8.90. The van der Waals surface area contributed by atoms with Gasteiger partial charge in [0.1, 0.15) is 17.8 Å². The molecule has 0 N–H and O–H groups in total. The lowest BCUT2D eigenvalue weighted by Crippen LogP contribution is -2.57. The smallest absolute Gasteiger partial charge is 0.339 e. The van der Waals surface area contributed by atoms with E-state index in [4.69, 9.17) is 32.7 Å². The van der Waals surface area contributed by atoms with E-state index in [9.17, 15) is 19.2 Å². The van der Waals surface area contributed by atoms with Crippen LogP contribution in [0.4, 0.5) is 0 Å². The maximum atomic E-state index is 13.6. The van der Waals surface area contributed by atoms with Crippen molar-refractivity contribution in [3.8, 4) is 0 Å². The Balaban J connectivity index is 1.65. The Morgan fingerprint density at radius 2 is 1.87 bits per heavy atom. The van der Waals surface area contributed by atoms with Crippen LogP contribution in [0.1, 0.15) is 52.4 Å². The third kappa shape index (κ3) is 3.45. The molecule has 8 heteroatoms. The van der Waals surface area contributed by atoms with Crippen LogP contribution >= 0.6 is 23.2 Å². The Bertz CT molecular complexity index is 866. The quantitative estimate of drug-likeness (QED) is 0.354. The highest BCUT2D eigenvalue weighted by Gasteiger charge is 2.64. The lowest BCUT2D eigenvalue weighted by Gasteiger charge is -2.57. The van der Waals surface area contributed by atoms with Crippen molar-refractivity contribution in [2.24, 2.45) is 34.5 Å². The fraction of sp³-hybridized carbons (Fsp3) is 0.739. The van der Waals surface area contributed by atoms with Crippen molar-refractivity contribution >= 4 is 46.7 Å². The maximum Gasteiger partial charge on any atom is 0.339 e. The van der Waals surface area contributed by atoms with E-state index >= 15 is 0 Å². The summed E-state index contributed by atoms with van der Waals surface area (Å²) in [5.41, 5.74) is -0.0235. The van der Waals surface area contributed by atoms with Crippen LogP contribution in [0.25, 0.3) is 0 Å². The van der Waals surface area contributed by atoms with Crippen LogP contribution in [0.2, 0.25) is 0 Å². The molecule has 3 saturated carbocycles. The Hall–Kier alpha value is -1.40. The molecule has 0 spiro atoms. The van der Waals surface area contributed by atoms with Crippen molar-refractivity contribution in [3.05, 3.63) is 11.6 Å². The van der Waals surface area contributed by atoms with Gasteiger partial charge >= 0.3 is 11.9 Å². The minimum atomic E-state index is -1.24. The fourth-order valence-corrected chi connectivity index (χ4v) is 7.26.